The van der Waals surface area contributed by atoms with E-state index in [4.69, 9.17) is 9.84 Å². The molecule has 1 aromatic carbocycles. The lowest BCUT2D eigenvalue weighted by molar-refractivity contribution is -0.136. The number of carboxylic acids is 1. The molecule has 1 fully saturated rings. The second-order valence-corrected chi connectivity index (χ2v) is 5.32. The van der Waals surface area contributed by atoms with E-state index in [1.807, 2.05) is 0 Å². The molecule has 124 valence electrons. The zero-order valence-electron chi connectivity index (χ0n) is 12.7. The summed E-state index contributed by atoms with van der Waals surface area (Å²) in [5.74, 6) is -1.49. The van der Waals surface area contributed by atoms with E-state index in [1.54, 1.807) is 24.3 Å². The first-order valence-corrected chi connectivity index (χ1v) is 7.59. The Morgan fingerprint density at radius 1 is 1.17 bits per heavy atom. The van der Waals surface area contributed by atoms with Gasteiger partial charge in [0, 0.05) is 24.4 Å². The summed E-state index contributed by atoms with van der Waals surface area (Å²) in [4.78, 5) is 34.2. The molecule has 1 aromatic rings. The Bertz CT molecular complexity index is 564. The van der Waals surface area contributed by atoms with Gasteiger partial charge in [0.15, 0.2) is 0 Å². The number of carboxylic acid groups (broad SMARTS) is 1. The van der Waals surface area contributed by atoms with Crippen LogP contribution in [0.4, 0.5) is 5.69 Å². The number of hydrogen-bond acceptors (Lipinski definition) is 4. The second-order valence-electron chi connectivity index (χ2n) is 5.32. The zero-order chi connectivity index (χ0) is 16.7. The van der Waals surface area contributed by atoms with Gasteiger partial charge in [0.1, 0.15) is 6.10 Å². The minimum absolute atomic E-state index is 0.0751. The van der Waals surface area contributed by atoms with Crippen LogP contribution in [0.1, 0.15) is 36.0 Å². The van der Waals surface area contributed by atoms with Gasteiger partial charge in [0.2, 0.25) is 0 Å². The Kier molecular flexibility index (Phi) is 6.10. The third-order valence-electron chi connectivity index (χ3n) is 3.51. The monoisotopic (exact) mass is 320 g/mol. The van der Waals surface area contributed by atoms with Crippen LogP contribution in [0.5, 0.6) is 0 Å². The molecule has 7 heteroatoms. The highest BCUT2D eigenvalue weighted by Crippen LogP contribution is 2.16. The Morgan fingerprint density at radius 3 is 2.52 bits per heavy atom. The van der Waals surface area contributed by atoms with E-state index in [2.05, 4.69) is 10.6 Å². The van der Waals surface area contributed by atoms with Crippen molar-refractivity contribution in [2.75, 3.05) is 18.5 Å². The summed E-state index contributed by atoms with van der Waals surface area (Å²) in [5, 5.41) is 13.8. The van der Waals surface area contributed by atoms with Gasteiger partial charge in [0.25, 0.3) is 11.8 Å². The first-order valence-electron chi connectivity index (χ1n) is 7.59. The molecule has 0 saturated carbocycles. The summed E-state index contributed by atoms with van der Waals surface area (Å²) in [6, 6.07) is 6.42. The smallest absolute Gasteiger partial charge is 0.305 e. The molecule has 2 rings (SSSR count). The molecule has 23 heavy (non-hydrogen) atoms. The number of nitrogens with one attached hydrogen (secondary N) is 2. The molecule has 2 amide bonds. The number of hydrogen-bond donors (Lipinski definition) is 3. The maximum Gasteiger partial charge on any atom is 0.305 e. The van der Waals surface area contributed by atoms with E-state index in [-0.39, 0.29) is 24.8 Å². The van der Waals surface area contributed by atoms with Crippen LogP contribution in [0.15, 0.2) is 24.3 Å². The molecule has 1 heterocycles. The van der Waals surface area contributed by atoms with Gasteiger partial charge < -0.3 is 20.5 Å². The average molecular weight is 320 g/mol. The summed E-state index contributed by atoms with van der Waals surface area (Å²) in [6.45, 7) is 0.680. The zero-order valence-corrected chi connectivity index (χ0v) is 12.7. The van der Waals surface area contributed by atoms with Crippen LogP contribution in [-0.2, 0) is 14.3 Å². The molecule has 0 radical (unpaired) electrons. The fraction of sp³-hybridized carbons (Fsp3) is 0.438. The Hall–Kier alpha value is -2.41. The van der Waals surface area contributed by atoms with Crippen molar-refractivity contribution < 1.29 is 24.2 Å². The quantitative estimate of drug-likeness (QED) is 0.735. The van der Waals surface area contributed by atoms with E-state index in [9.17, 15) is 14.4 Å². The van der Waals surface area contributed by atoms with Crippen molar-refractivity contribution in [3.8, 4) is 0 Å². The van der Waals surface area contributed by atoms with Gasteiger partial charge >= 0.3 is 5.97 Å². The highest BCUT2D eigenvalue weighted by molar-refractivity contribution is 5.97. The average Bonchev–Trinajstić information content (AvgIpc) is 2.56. The maximum atomic E-state index is 12.0. The Labute approximate surface area is 134 Å². The van der Waals surface area contributed by atoms with E-state index < -0.39 is 12.1 Å². The minimum atomic E-state index is -0.965. The molecule has 3 N–H and O–H groups in total. The Balaban J connectivity index is 1.84. The van der Waals surface area contributed by atoms with Crippen LogP contribution >= 0.6 is 0 Å². The number of rotatable bonds is 6. The highest BCUT2D eigenvalue weighted by atomic mass is 16.5. The molecule has 0 bridgehead atoms. The number of ether oxygens (including phenoxy) is 1. The van der Waals surface area contributed by atoms with E-state index in [1.165, 1.54) is 0 Å². The summed E-state index contributed by atoms with van der Waals surface area (Å²) in [5.41, 5.74) is 0.994. The number of amides is 2. The van der Waals surface area contributed by atoms with Gasteiger partial charge in [-0.1, -0.05) is 0 Å². The Morgan fingerprint density at radius 2 is 1.91 bits per heavy atom. The minimum Gasteiger partial charge on any atom is -0.481 e. The molecule has 1 unspecified atom stereocenters. The van der Waals surface area contributed by atoms with Crippen molar-refractivity contribution in [3.63, 3.8) is 0 Å². The number of benzene rings is 1. The van der Waals surface area contributed by atoms with Crippen molar-refractivity contribution in [2.24, 2.45) is 0 Å². The van der Waals surface area contributed by atoms with E-state index in [0.29, 0.717) is 17.9 Å². The van der Waals surface area contributed by atoms with Gasteiger partial charge in [-0.3, -0.25) is 14.4 Å². The SMILES string of the molecule is O=C(O)CCNC(=O)c1ccc(NC(=O)C2CCCCO2)cc1. The first kappa shape index (κ1) is 17.0. The van der Waals surface area contributed by atoms with Gasteiger partial charge in [-0.05, 0) is 43.5 Å². The van der Waals surface area contributed by atoms with Crippen molar-refractivity contribution in [3.05, 3.63) is 29.8 Å². The van der Waals surface area contributed by atoms with Crippen molar-refractivity contribution in [1.29, 1.82) is 0 Å². The number of carbonyl (C=O) groups excluding carboxylic acids is 2. The molecule has 1 aliphatic heterocycles. The van der Waals surface area contributed by atoms with Crippen LogP contribution in [0, 0.1) is 0 Å². The third kappa shape index (κ3) is 5.37. The van der Waals surface area contributed by atoms with Crippen LogP contribution in [0.25, 0.3) is 0 Å². The molecule has 7 nitrogen and oxygen atoms in total. The van der Waals surface area contributed by atoms with Crippen molar-refractivity contribution in [1.82, 2.24) is 5.32 Å². The summed E-state index contributed by atoms with van der Waals surface area (Å²) >= 11 is 0. The normalized spacial score (nSPS) is 17.3. The number of carbonyl (C=O) groups is 3. The molecular weight excluding hydrogens is 300 g/mol. The number of aliphatic carboxylic acids is 1. The van der Waals surface area contributed by atoms with Crippen LogP contribution < -0.4 is 10.6 Å². The van der Waals surface area contributed by atoms with Gasteiger partial charge in [0.05, 0.1) is 6.42 Å². The van der Waals surface area contributed by atoms with E-state index in [0.717, 1.165) is 19.3 Å². The fourth-order valence-electron chi connectivity index (χ4n) is 2.26. The van der Waals surface area contributed by atoms with Gasteiger partial charge in [-0.25, -0.2) is 0 Å². The predicted octanol–water partition coefficient (Wildman–Crippen LogP) is 1.40. The fourth-order valence-corrected chi connectivity index (χ4v) is 2.26. The number of anilines is 1. The molecule has 1 saturated heterocycles. The highest BCUT2D eigenvalue weighted by Gasteiger charge is 2.21. The summed E-state index contributed by atoms with van der Waals surface area (Å²) in [7, 11) is 0. The molecule has 1 aliphatic rings. The largest absolute Gasteiger partial charge is 0.481 e. The van der Waals surface area contributed by atoms with E-state index >= 15 is 0 Å². The molecular formula is C16H20N2O5. The molecule has 0 aliphatic carbocycles. The second kappa shape index (κ2) is 8.28. The predicted molar refractivity (Wildman–Crippen MR) is 83.2 cm³/mol. The molecule has 0 aromatic heterocycles. The lowest BCUT2D eigenvalue weighted by atomic mass is 10.1. The van der Waals surface area contributed by atoms with Crippen LogP contribution in [0.2, 0.25) is 0 Å². The lowest BCUT2D eigenvalue weighted by Crippen LogP contribution is -2.33. The topological polar surface area (TPSA) is 105 Å². The standard InChI is InChI=1S/C16H20N2O5/c19-14(20)8-9-17-15(21)11-4-6-12(7-5-11)18-16(22)13-3-1-2-10-23-13/h4-7,13H,1-3,8-10H2,(H,17,21)(H,18,22)(H,19,20). The van der Waals surface area contributed by atoms with Crippen LogP contribution in [-0.4, -0.2) is 42.1 Å². The molecule has 1 atom stereocenters. The van der Waals surface area contributed by atoms with Crippen LogP contribution in [0.3, 0.4) is 0 Å². The lowest BCUT2D eigenvalue weighted by Gasteiger charge is -2.21. The summed E-state index contributed by atoms with van der Waals surface area (Å²) in [6.07, 6.45) is 2.14. The maximum absolute atomic E-state index is 12.0. The van der Waals surface area contributed by atoms with Gasteiger partial charge in [-0.2, -0.15) is 0 Å². The van der Waals surface area contributed by atoms with Gasteiger partial charge in [-0.15, -0.1) is 0 Å². The summed E-state index contributed by atoms with van der Waals surface area (Å²) < 4.78 is 5.41. The van der Waals surface area contributed by atoms with Crippen molar-refractivity contribution in [2.45, 2.75) is 31.8 Å². The third-order valence-corrected chi connectivity index (χ3v) is 3.51. The first-order chi connectivity index (χ1) is 11.1. The molecule has 0 spiro atoms. The van der Waals surface area contributed by atoms with Crippen molar-refractivity contribution >= 4 is 23.5 Å².